The summed E-state index contributed by atoms with van der Waals surface area (Å²) >= 11 is 3.07. The topological polar surface area (TPSA) is 55.0 Å². The second kappa shape index (κ2) is 9.49. The Hall–Kier alpha value is -2.57. The summed E-state index contributed by atoms with van der Waals surface area (Å²) in [5, 5.41) is 3.37. The van der Waals surface area contributed by atoms with Crippen LogP contribution in [0.1, 0.15) is 31.7 Å². The molecule has 2 aromatic carbocycles. The van der Waals surface area contributed by atoms with Crippen LogP contribution in [0.15, 0.2) is 69.9 Å². The van der Waals surface area contributed by atoms with Crippen molar-refractivity contribution in [2.24, 2.45) is 0 Å². The van der Waals surface area contributed by atoms with Crippen LogP contribution >= 0.6 is 23.1 Å². The quantitative estimate of drug-likeness (QED) is 0.199. The maximum Gasteiger partial charge on any atom is 0.260 e. The van der Waals surface area contributed by atoms with Gasteiger partial charge in [0.2, 0.25) is 0 Å². The van der Waals surface area contributed by atoms with E-state index in [1.807, 2.05) is 35.7 Å². The number of aromatic nitrogens is 2. The first-order valence-electron chi connectivity index (χ1n) is 10.0. The van der Waals surface area contributed by atoms with Crippen molar-refractivity contribution in [3.05, 3.63) is 75.9 Å². The van der Waals surface area contributed by atoms with Crippen LogP contribution in [0.3, 0.4) is 0 Å². The first kappa shape index (κ1) is 20.7. The van der Waals surface area contributed by atoms with Gasteiger partial charge in [-0.2, -0.15) is 0 Å². The number of aromatic amines is 1. The molecule has 6 heteroatoms. The standard InChI is InChI=1S/C24H24N2O2S2/c1-16(2)17-9-11-18(12-10-17)20-15-30-23-21(20)22(27)25-24(26-23)29-14-6-13-28-19-7-4-3-5-8-19/h3-5,7-12,15-16H,6,13-14H2,1-2H3,(H,25,26,27). The SMILES string of the molecule is CC(C)c1ccc(-c2csc3nc(SCCCOc4ccccc4)[nH]c(=O)c23)cc1. The lowest BCUT2D eigenvalue weighted by Crippen LogP contribution is -2.09. The zero-order valence-electron chi connectivity index (χ0n) is 17.1. The Kier molecular flexibility index (Phi) is 6.55. The molecule has 2 heterocycles. The van der Waals surface area contributed by atoms with Gasteiger partial charge >= 0.3 is 0 Å². The number of ether oxygens (including phenoxy) is 1. The monoisotopic (exact) mass is 436 g/mol. The van der Waals surface area contributed by atoms with E-state index in [2.05, 4.69) is 48.1 Å². The van der Waals surface area contributed by atoms with Gasteiger partial charge in [-0.1, -0.05) is 68.1 Å². The highest BCUT2D eigenvalue weighted by molar-refractivity contribution is 7.99. The van der Waals surface area contributed by atoms with Crippen molar-refractivity contribution in [3.8, 4) is 16.9 Å². The van der Waals surface area contributed by atoms with Crippen molar-refractivity contribution in [2.75, 3.05) is 12.4 Å². The van der Waals surface area contributed by atoms with E-state index in [1.165, 1.54) is 16.9 Å². The van der Waals surface area contributed by atoms with Crippen LogP contribution in [-0.4, -0.2) is 22.3 Å². The fourth-order valence-corrected chi connectivity index (χ4v) is 4.97. The summed E-state index contributed by atoms with van der Waals surface area (Å²) in [6.45, 7) is 4.99. The van der Waals surface area contributed by atoms with Gasteiger partial charge in [-0.3, -0.25) is 4.79 Å². The van der Waals surface area contributed by atoms with Crippen LogP contribution in [0.25, 0.3) is 21.3 Å². The molecule has 2 aromatic heterocycles. The van der Waals surface area contributed by atoms with Gasteiger partial charge in [-0.15, -0.1) is 11.3 Å². The molecule has 0 saturated carbocycles. The molecule has 4 rings (SSSR count). The highest BCUT2D eigenvalue weighted by atomic mass is 32.2. The van der Waals surface area contributed by atoms with Crippen LogP contribution in [0.4, 0.5) is 0 Å². The van der Waals surface area contributed by atoms with E-state index in [0.717, 1.165) is 33.9 Å². The minimum Gasteiger partial charge on any atom is -0.494 e. The van der Waals surface area contributed by atoms with E-state index in [1.54, 1.807) is 11.8 Å². The normalized spacial score (nSPS) is 11.3. The Morgan fingerprint density at radius 3 is 2.60 bits per heavy atom. The van der Waals surface area contributed by atoms with E-state index in [9.17, 15) is 4.79 Å². The molecule has 0 radical (unpaired) electrons. The number of nitrogens with zero attached hydrogens (tertiary/aromatic N) is 1. The number of thiophene rings is 1. The van der Waals surface area contributed by atoms with Crippen molar-refractivity contribution in [1.29, 1.82) is 0 Å². The number of thioether (sulfide) groups is 1. The van der Waals surface area contributed by atoms with Crippen molar-refractivity contribution >= 4 is 33.3 Å². The second-order valence-electron chi connectivity index (χ2n) is 7.34. The second-order valence-corrected chi connectivity index (χ2v) is 9.28. The fraction of sp³-hybridized carbons (Fsp3) is 0.250. The lowest BCUT2D eigenvalue weighted by Gasteiger charge is -2.07. The van der Waals surface area contributed by atoms with Crippen molar-refractivity contribution in [2.45, 2.75) is 31.3 Å². The summed E-state index contributed by atoms with van der Waals surface area (Å²) in [4.78, 5) is 21.2. The molecule has 0 atom stereocenters. The number of hydrogen-bond donors (Lipinski definition) is 1. The van der Waals surface area contributed by atoms with Gasteiger partial charge in [0, 0.05) is 16.7 Å². The minimum atomic E-state index is -0.0766. The molecule has 30 heavy (non-hydrogen) atoms. The van der Waals surface area contributed by atoms with Gasteiger partial charge in [0.05, 0.1) is 12.0 Å². The van der Waals surface area contributed by atoms with Gasteiger partial charge in [0.1, 0.15) is 10.6 Å². The lowest BCUT2D eigenvalue weighted by molar-refractivity contribution is 0.318. The van der Waals surface area contributed by atoms with Gasteiger partial charge < -0.3 is 9.72 Å². The summed E-state index contributed by atoms with van der Waals surface area (Å²) in [7, 11) is 0. The Labute approximate surface area is 184 Å². The van der Waals surface area contributed by atoms with Gasteiger partial charge in [0.15, 0.2) is 5.16 Å². The third kappa shape index (κ3) is 4.77. The summed E-state index contributed by atoms with van der Waals surface area (Å²) in [6.07, 6.45) is 0.874. The van der Waals surface area contributed by atoms with Crippen LogP contribution in [0, 0.1) is 0 Å². The van der Waals surface area contributed by atoms with E-state index in [0.29, 0.717) is 23.1 Å². The zero-order chi connectivity index (χ0) is 20.9. The van der Waals surface area contributed by atoms with E-state index < -0.39 is 0 Å². The molecule has 154 valence electrons. The van der Waals surface area contributed by atoms with Crippen LogP contribution in [0.2, 0.25) is 0 Å². The smallest absolute Gasteiger partial charge is 0.260 e. The Morgan fingerprint density at radius 2 is 1.87 bits per heavy atom. The largest absolute Gasteiger partial charge is 0.494 e. The van der Waals surface area contributed by atoms with Crippen LogP contribution < -0.4 is 10.3 Å². The molecular formula is C24H24N2O2S2. The Balaban J connectivity index is 1.42. The highest BCUT2D eigenvalue weighted by Gasteiger charge is 2.13. The van der Waals surface area contributed by atoms with E-state index >= 15 is 0 Å². The molecular weight excluding hydrogens is 412 g/mol. The molecule has 0 aliphatic carbocycles. The van der Waals surface area contributed by atoms with E-state index in [4.69, 9.17) is 4.74 Å². The number of rotatable bonds is 8. The average molecular weight is 437 g/mol. The molecule has 0 aliphatic heterocycles. The predicted octanol–water partition coefficient (Wildman–Crippen LogP) is 6.34. The van der Waals surface area contributed by atoms with Crippen molar-refractivity contribution in [3.63, 3.8) is 0 Å². The minimum absolute atomic E-state index is 0.0766. The molecule has 4 aromatic rings. The molecule has 0 saturated heterocycles. The molecule has 1 N–H and O–H groups in total. The molecule has 0 aliphatic rings. The number of H-pyrrole nitrogens is 1. The summed E-state index contributed by atoms with van der Waals surface area (Å²) in [5.41, 5.74) is 3.22. The van der Waals surface area contributed by atoms with Gasteiger partial charge in [-0.25, -0.2) is 4.98 Å². The lowest BCUT2D eigenvalue weighted by atomic mass is 9.99. The van der Waals surface area contributed by atoms with Gasteiger partial charge in [0.25, 0.3) is 5.56 Å². The number of fused-ring (bicyclic) bond motifs is 1. The van der Waals surface area contributed by atoms with E-state index in [-0.39, 0.29) is 5.56 Å². The van der Waals surface area contributed by atoms with Crippen molar-refractivity contribution in [1.82, 2.24) is 9.97 Å². The summed E-state index contributed by atoms with van der Waals surface area (Å²) in [5.74, 6) is 2.19. The Bertz CT molecular complexity index is 1170. The molecule has 4 nitrogen and oxygen atoms in total. The number of nitrogens with one attached hydrogen (secondary N) is 1. The third-order valence-corrected chi connectivity index (χ3v) is 6.68. The fourth-order valence-electron chi connectivity index (χ4n) is 3.19. The first-order chi connectivity index (χ1) is 14.6. The van der Waals surface area contributed by atoms with Crippen LogP contribution in [-0.2, 0) is 0 Å². The number of hydrogen-bond acceptors (Lipinski definition) is 5. The average Bonchev–Trinajstić information content (AvgIpc) is 3.19. The maximum atomic E-state index is 12.8. The molecule has 0 fully saturated rings. The molecule has 0 amide bonds. The maximum absolute atomic E-state index is 12.8. The van der Waals surface area contributed by atoms with Gasteiger partial charge in [-0.05, 0) is 35.6 Å². The summed E-state index contributed by atoms with van der Waals surface area (Å²) in [6, 6.07) is 18.2. The predicted molar refractivity (Wildman–Crippen MR) is 127 cm³/mol. The van der Waals surface area contributed by atoms with Crippen molar-refractivity contribution < 1.29 is 4.74 Å². The Morgan fingerprint density at radius 1 is 1.10 bits per heavy atom. The first-order valence-corrected chi connectivity index (χ1v) is 11.9. The van der Waals surface area contributed by atoms with Crippen LogP contribution in [0.5, 0.6) is 5.75 Å². The zero-order valence-corrected chi connectivity index (χ0v) is 18.7. The molecule has 0 spiro atoms. The molecule has 0 unspecified atom stereocenters. The molecule has 0 bridgehead atoms. The highest BCUT2D eigenvalue weighted by Crippen LogP contribution is 2.32. The third-order valence-electron chi connectivity index (χ3n) is 4.85. The number of para-hydroxylation sites is 1. The number of benzene rings is 2. The summed E-state index contributed by atoms with van der Waals surface area (Å²) < 4.78 is 5.71.